The number of rotatable bonds is 4. The van der Waals surface area contributed by atoms with Crippen LogP contribution < -0.4 is 5.56 Å². The lowest BCUT2D eigenvalue weighted by molar-refractivity contribution is -0.140. The molecule has 0 saturated heterocycles. The third-order valence-corrected chi connectivity index (χ3v) is 4.63. The van der Waals surface area contributed by atoms with E-state index in [2.05, 4.69) is 26.1 Å². The van der Waals surface area contributed by atoms with Crippen LogP contribution in [0.5, 0.6) is 0 Å². The lowest BCUT2D eigenvalue weighted by Gasteiger charge is -2.12. The van der Waals surface area contributed by atoms with Crippen LogP contribution >= 0.6 is 27.3 Å². The Morgan fingerprint density at radius 1 is 1.47 bits per heavy atom. The van der Waals surface area contributed by atoms with E-state index in [4.69, 9.17) is 4.74 Å². The molecular formula is C12H13BrN2O3S. The van der Waals surface area contributed by atoms with Gasteiger partial charge in [-0.25, -0.2) is 0 Å². The Kier molecular flexibility index (Phi) is 4.26. The van der Waals surface area contributed by atoms with Crippen molar-refractivity contribution in [3.8, 4) is 0 Å². The number of H-pyrrole nitrogens is 2. The number of nitrogens with one attached hydrogen (secondary N) is 2. The molecule has 0 aliphatic rings. The van der Waals surface area contributed by atoms with Gasteiger partial charge in [-0.3, -0.25) is 14.7 Å². The average molecular weight is 345 g/mol. The van der Waals surface area contributed by atoms with Crippen molar-refractivity contribution in [1.29, 1.82) is 0 Å². The molecule has 2 rings (SSSR count). The van der Waals surface area contributed by atoms with Crippen LogP contribution in [0.1, 0.15) is 28.5 Å². The van der Waals surface area contributed by atoms with Gasteiger partial charge in [0.25, 0.3) is 5.56 Å². The van der Waals surface area contributed by atoms with Crippen molar-refractivity contribution < 1.29 is 9.53 Å². The Morgan fingerprint density at radius 2 is 2.21 bits per heavy atom. The summed E-state index contributed by atoms with van der Waals surface area (Å²) in [6.45, 7) is 1.81. The second kappa shape index (κ2) is 5.75. The summed E-state index contributed by atoms with van der Waals surface area (Å²) in [5.41, 5.74) is 1.12. The van der Waals surface area contributed by atoms with Crippen LogP contribution in [0.25, 0.3) is 0 Å². The largest absolute Gasteiger partial charge is 0.469 e. The van der Waals surface area contributed by atoms with Crippen molar-refractivity contribution in [2.75, 3.05) is 7.11 Å². The molecule has 0 unspecified atom stereocenters. The predicted octanol–water partition coefficient (Wildman–Crippen LogP) is 2.53. The van der Waals surface area contributed by atoms with Gasteiger partial charge in [0.05, 0.1) is 17.3 Å². The van der Waals surface area contributed by atoms with Crippen molar-refractivity contribution in [3.63, 3.8) is 0 Å². The second-order valence-corrected chi connectivity index (χ2v) is 6.59. The topological polar surface area (TPSA) is 75.0 Å². The highest BCUT2D eigenvalue weighted by Gasteiger charge is 2.25. The molecule has 0 saturated carbocycles. The van der Waals surface area contributed by atoms with E-state index < -0.39 is 0 Å². The third kappa shape index (κ3) is 2.98. The van der Waals surface area contributed by atoms with E-state index in [-0.39, 0.29) is 23.9 Å². The summed E-state index contributed by atoms with van der Waals surface area (Å²) in [4.78, 5) is 24.4. The molecule has 19 heavy (non-hydrogen) atoms. The summed E-state index contributed by atoms with van der Waals surface area (Å²) in [5.74, 6) is -0.631. The first kappa shape index (κ1) is 14.1. The highest BCUT2D eigenvalue weighted by Crippen LogP contribution is 2.34. The number of halogens is 1. The van der Waals surface area contributed by atoms with Crippen LogP contribution in [0.4, 0.5) is 0 Å². The fourth-order valence-electron chi connectivity index (χ4n) is 1.99. The monoisotopic (exact) mass is 344 g/mol. The summed E-state index contributed by atoms with van der Waals surface area (Å²) in [7, 11) is 1.35. The molecule has 0 fully saturated rings. The fraction of sp³-hybridized carbons (Fsp3) is 0.333. The molecule has 2 aromatic rings. The predicted molar refractivity (Wildman–Crippen MR) is 76.6 cm³/mol. The van der Waals surface area contributed by atoms with Gasteiger partial charge < -0.3 is 9.84 Å². The molecule has 2 N–H and O–H groups in total. The van der Waals surface area contributed by atoms with Gasteiger partial charge in [0.2, 0.25) is 0 Å². The number of esters is 1. The smallest absolute Gasteiger partial charge is 0.306 e. The molecule has 2 aromatic heterocycles. The summed E-state index contributed by atoms with van der Waals surface area (Å²) in [6.07, 6.45) is 0.144. The van der Waals surface area contributed by atoms with Crippen LogP contribution in [-0.2, 0) is 9.53 Å². The van der Waals surface area contributed by atoms with Gasteiger partial charge in [-0.15, -0.1) is 11.3 Å². The van der Waals surface area contributed by atoms with Gasteiger partial charge in [-0.1, -0.05) is 0 Å². The number of aromatic amines is 2. The standard InChI is InChI=1S/C12H13BrN2O3S/c1-6-11(12(17)15-14-6)7(5-10(16)18-2)8-3-4-9(13)19-8/h3-4,7H,5H2,1-2H3,(H2,14,15,17)/t7-/m0/s1. The van der Waals surface area contributed by atoms with Gasteiger partial charge >= 0.3 is 5.97 Å². The maximum absolute atomic E-state index is 11.9. The molecule has 0 aromatic carbocycles. The summed E-state index contributed by atoms with van der Waals surface area (Å²) in [6, 6.07) is 3.81. The number of methoxy groups -OCH3 is 1. The summed E-state index contributed by atoms with van der Waals surface area (Å²) >= 11 is 4.90. The van der Waals surface area contributed by atoms with E-state index >= 15 is 0 Å². The number of aromatic nitrogens is 2. The minimum absolute atomic E-state index is 0.144. The number of carbonyl (C=O) groups excluding carboxylic acids is 1. The highest BCUT2D eigenvalue weighted by molar-refractivity contribution is 9.11. The zero-order valence-electron chi connectivity index (χ0n) is 10.5. The Labute approximate surface area is 122 Å². The first-order valence-corrected chi connectivity index (χ1v) is 7.23. The van der Waals surface area contributed by atoms with Crippen LogP contribution in [-0.4, -0.2) is 23.3 Å². The Morgan fingerprint density at radius 3 is 2.68 bits per heavy atom. The maximum Gasteiger partial charge on any atom is 0.306 e. The van der Waals surface area contributed by atoms with Crippen molar-refractivity contribution in [3.05, 3.63) is 42.4 Å². The number of ether oxygens (including phenoxy) is 1. The molecule has 5 nitrogen and oxygen atoms in total. The normalized spacial score (nSPS) is 12.4. The SMILES string of the molecule is COC(=O)C[C@@H](c1ccc(Br)s1)c1c(C)[nH][nH]c1=O. The van der Waals surface area contributed by atoms with E-state index in [0.717, 1.165) is 14.4 Å². The molecule has 0 aliphatic heterocycles. The zero-order valence-corrected chi connectivity index (χ0v) is 12.9. The molecule has 0 radical (unpaired) electrons. The Balaban J connectivity index is 2.46. The molecule has 1 atom stereocenters. The number of hydrogen-bond acceptors (Lipinski definition) is 4. The van der Waals surface area contributed by atoms with Gasteiger partial charge in [-0.05, 0) is 35.0 Å². The van der Waals surface area contributed by atoms with Gasteiger partial charge in [-0.2, -0.15) is 0 Å². The average Bonchev–Trinajstić information content (AvgIpc) is 2.94. The molecule has 0 amide bonds. The zero-order chi connectivity index (χ0) is 14.0. The number of carbonyl (C=O) groups is 1. The Bertz CT molecular complexity index is 643. The Hall–Kier alpha value is -1.34. The van der Waals surface area contributed by atoms with Gasteiger partial charge in [0.1, 0.15) is 0 Å². The van der Waals surface area contributed by atoms with Crippen LogP contribution in [0.3, 0.4) is 0 Å². The van der Waals surface area contributed by atoms with Crippen molar-refractivity contribution in [2.24, 2.45) is 0 Å². The second-order valence-electron chi connectivity index (χ2n) is 4.09. The van der Waals surface area contributed by atoms with E-state index in [0.29, 0.717) is 5.56 Å². The first-order valence-electron chi connectivity index (χ1n) is 5.62. The number of thiophene rings is 1. The molecule has 7 heteroatoms. The summed E-state index contributed by atoms with van der Waals surface area (Å²) < 4.78 is 5.68. The highest BCUT2D eigenvalue weighted by atomic mass is 79.9. The molecule has 102 valence electrons. The van der Waals surface area contributed by atoms with Gasteiger partial charge in [0, 0.05) is 22.1 Å². The minimum atomic E-state index is -0.338. The number of hydrogen-bond donors (Lipinski definition) is 2. The van der Waals surface area contributed by atoms with E-state index in [1.54, 1.807) is 6.92 Å². The lowest BCUT2D eigenvalue weighted by Crippen LogP contribution is -2.16. The minimum Gasteiger partial charge on any atom is -0.469 e. The van der Waals surface area contributed by atoms with Crippen LogP contribution in [0, 0.1) is 6.92 Å². The van der Waals surface area contributed by atoms with Crippen molar-refractivity contribution >= 4 is 33.2 Å². The molecular weight excluding hydrogens is 332 g/mol. The molecule has 0 bridgehead atoms. The van der Waals surface area contributed by atoms with Crippen molar-refractivity contribution in [1.82, 2.24) is 10.2 Å². The quantitative estimate of drug-likeness (QED) is 0.837. The first-order chi connectivity index (χ1) is 9.02. The molecule has 0 spiro atoms. The molecule has 2 heterocycles. The van der Waals surface area contributed by atoms with E-state index in [9.17, 15) is 9.59 Å². The van der Waals surface area contributed by atoms with E-state index in [1.165, 1.54) is 18.4 Å². The van der Waals surface area contributed by atoms with Crippen LogP contribution in [0.15, 0.2) is 20.7 Å². The maximum atomic E-state index is 11.9. The van der Waals surface area contributed by atoms with Crippen molar-refractivity contribution in [2.45, 2.75) is 19.3 Å². The number of aryl methyl sites for hydroxylation is 1. The van der Waals surface area contributed by atoms with E-state index in [1.807, 2.05) is 12.1 Å². The third-order valence-electron chi connectivity index (χ3n) is 2.90. The lowest BCUT2D eigenvalue weighted by atomic mass is 9.94. The summed E-state index contributed by atoms with van der Waals surface area (Å²) in [5, 5.41) is 5.33. The fourth-order valence-corrected chi connectivity index (χ4v) is 3.52. The van der Waals surface area contributed by atoms with Gasteiger partial charge in [0.15, 0.2) is 0 Å². The molecule has 0 aliphatic carbocycles. The van der Waals surface area contributed by atoms with Crippen LogP contribution in [0.2, 0.25) is 0 Å².